The topological polar surface area (TPSA) is 80.4 Å². The second kappa shape index (κ2) is 8.03. The number of carbonyl (C=O) groups excluding carboxylic acids is 2. The fraction of sp³-hybridized carbons (Fsp3) is 0.294. The Labute approximate surface area is 134 Å². The number of benzene rings is 1. The lowest BCUT2D eigenvalue weighted by Gasteiger charge is -2.08. The second-order valence-electron chi connectivity index (χ2n) is 4.87. The third-order valence-corrected chi connectivity index (χ3v) is 3.13. The van der Waals surface area contributed by atoms with E-state index in [2.05, 4.69) is 10.3 Å². The zero-order valence-corrected chi connectivity index (χ0v) is 13.2. The van der Waals surface area contributed by atoms with E-state index in [1.165, 1.54) is 19.2 Å². The fourth-order valence-electron chi connectivity index (χ4n) is 1.96. The van der Waals surface area contributed by atoms with Crippen LogP contribution in [0.4, 0.5) is 0 Å². The van der Waals surface area contributed by atoms with Crippen LogP contribution in [0.25, 0.3) is 0 Å². The monoisotopic (exact) mass is 316 g/mol. The molecular weight excluding hydrogens is 296 g/mol. The van der Waals surface area contributed by atoms with Crippen molar-refractivity contribution in [1.82, 2.24) is 10.3 Å². The summed E-state index contributed by atoms with van der Waals surface area (Å²) in [7, 11) is 0. The lowest BCUT2D eigenvalue weighted by atomic mass is 10.2. The zero-order chi connectivity index (χ0) is 16.7. The molecule has 23 heavy (non-hydrogen) atoms. The molecule has 1 amide bonds. The van der Waals surface area contributed by atoms with Gasteiger partial charge in [0.2, 0.25) is 0 Å². The first kappa shape index (κ1) is 16.6. The molecule has 0 bridgehead atoms. The zero-order valence-electron chi connectivity index (χ0n) is 13.2. The Hall–Kier alpha value is -2.76. The van der Waals surface area contributed by atoms with Crippen LogP contribution in [0.3, 0.4) is 0 Å². The molecular formula is C17H20N2O4. The van der Waals surface area contributed by atoms with Crippen molar-refractivity contribution in [3.8, 4) is 11.5 Å². The van der Waals surface area contributed by atoms with Crippen molar-refractivity contribution in [3.05, 3.63) is 47.8 Å². The number of nitrogens with one attached hydrogen (secondary N) is 2. The molecule has 0 aliphatic rings. The lowest BCUT2D eigenvalue weighted by molar-refractivity contribution is 0.0942. The third-order valence-electron chi connectivity index (χ3n) is 3.13. The molecule has 0 unspecified atom stereocenters. The van der Waals surface area contributed by atoms with Gasteiger partial charge in [-0.3, -0.25) is 9.59 Å². The average molecular weight is 316 g/mol. The molecule has 0 aliphatic heterocycles. The average Bonchev–Trinajstić information content (AvgIpc) is 3.03. The molecule has 2 rings (SSSR count). The summed E-state index contributed by atoms with van der Waals surface area (Å²) in [6.07, 6.45) is 1.52. The van der Waals surface area contributed by atoms with Gasteiger partial charge in [-0.2, -0.15) is 0 Å². The third kappa shape index (κ3) is 4.88. The first-order valence-corrected chi connectivity index (χ1v) is 7.43. The van der Waals surface area contributed by atoms with Gasteiger partial charge in [-0.1, -0.05) is 0 Å². The summed E-state index contributed by atoms with van der Waals surface area (Å²) < 4.78 is 10.9. The molecule has 0 radical (unpaired) electrons. The van der Waals surface area contributed by atoms with Crippen molar-refractivity contribution in [2.75, 3.05) is 19.8 Å². The minimum absolute atomic E-state index is 0.0841. The van der Waals surface area contributed by atoms with Crippen LogP contribution < -0.4 is 14.8 Å². The predicted molar refractivity (Wildman–Crippen MR) is 86.2 cm³/mol. The minimum Gasteiger partial charge on any atom is -0.494 e. The standard InChI is InChI=1S/C17H20N2O4/c1-3-22-14-4-6-15(7-5-14)23-9-8-18-17(21)16-10-13(11-19-16)12(2)20/h4-7,10-11,19H,3,8-9H2,1-2H3,(H,18,21). The first-order chi connectivity index (χ1) is 11.1. The molecule has 2 aromatic rings. The van der Waals surface area contributed by atoms with E-state index in [9.17, 15) is 9.59 Å². The number of H-pyrrole nitrogens is 1. The Kier molecular flexibility index (Phi) is 5.80. The summed E-state index contributed by atoms with van der Waals surface area (Å²) >= 11 is 0. The Morgan fingerprint density at radius 2 is 1.78 bits per heavy atom. The van der Waals surface area contributed by atoms with Gasteiger partial charge in [0, 0.05) is 11.8 Å². The van der Waals surface area contributed by atoms with Crippen molar-refractivity contribution >= 4 is 11.7 Å². The number of rotatable bonds is 8. The Bertz CT molecular complexity index is 661. The van der Waals surface area contributed by atoms with E-state index >= 15 is 0 Å². The summed E-state index contributed by atoms with van der Waals surface area (Å²) in [4.78, 5) is 25.8. The van der Waals surface area contributed by atoms with Crippen LogP contribution in [-0.4, -0.2) is 36.4 Å². The maximum Gasteiger partial charge on any atom is 0.267 e. The van der Waals surface area contributed by atoms with E-state index < -0.39 is 0 Å². The lowest BCUT2D eigenvalue weighted by Crippen LogP contribution is -2.28. The van der Waals surface area contributed by atoms with Gasteiger partial charge in [0.1, 0.15) is 23.8 Å². The van der Waals surface area contributed by atoms with Crippen LogP contribution in [0, 0.1) is 0 Å². The first-order valence-electron chi connectivity index (χ1n) is 7.43. The highest BCUT2D eigenvalue weighted by Gasteiger charge is 2.09. The molecule has 1 heterocycles. The maximum absolute atomic E-state index is 11.9. The van der Waals surface area contributed by atoms with Crippen LogP contribution in [-0.2, 0) is 0 Å². The molecule has 0 atom stereocenters. The van der Waals surface area contributed by atoms with E-state index in [-0.39, 0.29) is 11.7 Å². The van der Waals surface area contributed by atoms with Crippen LogP contribution in [0.1, 0.15) is 34.7 Å². The van der Waals surface area contributed by atoms with Gasteiger partial charge in [-0.15, -0.1) is 0 Å². The van der Waals surface area contributed by atoms with Crippen LogP contribution in [0.5, 0.6) is 11.5 Å². The molecule has 0 saturated heterocycles. The molecule has 0 saturated carbocycles. The van der Waals surface area contributed by atoms with Gasteiger partial charge < -0.3 is 19.8 Å². The largest absolute Gasteiger partial charge is 0.494 e. The number of carbonyl (C=O) groups is 2. The van der Waals surface area contributed by atoms with Gasteiger partial charge in [0.05, 0.1) is 13.2 Å². The van der Waals surface area contributed by atoms with Crippen molar-refractivity contribution in [3.63, 3.8) is 0 Å². The van der Waals surface area contributed by atoms with E-state index in [1.807, 2.05) is 31.2 Å². The molecule has 0 aliphatic carbocycles. The summed E-state index contributed by atoms with van der Waals surface area (Å²) in [5, 5.41) is 2.72. The highest BCUT2D eigenvalue weighted by molar-refractivity contribution is 5.99. The SMILES string of the molecule is CCOc1ccc(OCCNC(=O)c2cc(C(C)=O)c[nH]2)cc1. The summed E-state index contributed by atoms with van der Waals surface area (Å²) in [5.74, 6) is 1.15. The number of amides is 1. The van der Waals surface area contributed by atoms with E-state index in [0.717, 1.165) is 5.75 Å². The Morgan fingerprint density at radius 1 is 1.13 bits per heavy atom. The molecule has 1 aromatic heterocycles. The fourth-order valence-corrected chi connectivity index (χ4v) is 1.96. The van der Waals surface area contributed by atoms with Gasteiger partial charge in [0.25, 0.3) is 5.91 Å². The van der Waals surface area contributed by atoms with Crippen molar-refractivity contribution in [2.24, 2.45) is 0 Å². The van der Waals surface area contributed by atoms with Crippen LogP contribution in [0.15, 0.2) is 36.5 Å². The van der Waals surface area contributed by atoms with Crippen molar-refractivity contribution < 1.29 is 19.1 Å². The maximum atomic E-state index is 11.9. The number of Topliss-reactive ketones (excluding diaryl/α,β-unsaturated/α-hetero) is 1. The summed E-state index contributed by atoms with van der Waals surface area (Å²) in [6, 6.07) is 8.83. The van der Waals surface area contributed by atoms with Crippen LogP contribution >= 0.6 is 0 Å². The van der Waals surface area contributed by atoms with Crippen molar-refractivity contribution in [1.29, 1.82) is 0 Å². The van der Waals surface area contributed by atoms with E-state index in [4.69, 9.17) is 9.47 Å². The highest BCUT2D eigenvalue weighted by atomic mass is 16.5. The van der Waals surface area contributed by atoms with Crippen LogP contribution in [0.2, 0.25) is 0 Å². The number of aromatic amines is 1. The number of ketones is 1. The quantitative estimate of drug-likeness (QED) is 0.579. The van der Waals surface area contributed by atoms with Gasteiger partial charge in [-0.05, 0) is 44.2 Å². The molecule has 6 heteroatoms. The number of ether oxygens (including phenoxy) is 2. The van der Waals surface area contributed by atoms with Gasteiger partial charge >= 0.3 is 0 Å². The Morgan fingerprint density at radius 3 is 2.35 bits per heavy atom. The molecule has 6 nitrogen and oxygen atoms in total. The smallest absolute Gasteiger partial charge is 0.267 e. The molecule has 1 aromatic carbocycles. The van der Waals surface area contributed by atoms with Gasteiger partial charge in [-0.25, -0.2) is 0 Å². The molecule has 0 spiro atoms. The summed E-state index contributed by atoms with van der Waals surface area (Å²) in [6.45, 7) is 4.71. The number of hydrogen-bond acceptors (Lipinski definition) is 4. The van der Waals surface area contributed by atoms with E-state index in [1.54, 1.807) is 0 Å². The number of hydrogen-bond donors (Lipinski definition) is 2. The van der Waals surface area contributed by atoms with E-state index in [0.29, 0.717) is 36.8 Å². The van der Waals surface area contributed by atoms with Crippen molar-refractivity contribution in [2.45, 2.75) is 13.8 Å². The Balaban J connectivity index is 1.73. The predicted octanol–water partition coefficient (Wildman–Crippen LogP) is 2.42. The highest BCUT2D eigenvalue weighted by Crippen LogP contribution is 2.17. The molecule has 2 N–H and O–H groups in total. The normalized spacial score (nSPS) is 10.2. The summed E-state index contributed by atoms with van der Waals surface area (Å²) in [5.41, 5.74) is 0.844. The molecule has 0 fully saturated rings. The second-order valence-corrected chi connectivity index (χ2v) is 4.87. The minimum atomic E-state index is -0.271. The van der Waals surface area contributed by atoms with Gasteiger partial charge in [0.15, 0.2) is 5.78 Å². The number of aromatic nitrogens is 1. The molecule has 122 valence electrons.